The van der Waals surface area contributed by atoms with Crippen molar-refractivity contribution in [3.8, 4) is 5.75 Å². The Labute approximate surface area is 105 Å². The summed E-state index contributed by atoms with van der Waals surface area (Å²) in [6.07, 6.45) is 0.0737. The van der Waals surface area contributed by atoms with Crippen molar-refractivity contribution in [1.82, 2.24) is 0 Å². The van der Waals surface area contributed by atoms with Gasteiger partial charge < -0.3 is 15.2 Å². The first kappa shape index (κ1) is 13.5. The largest absolute Gasteiger partial charge is 0.491 e. The summed E-state index contributed by atoms with van der Waals surface area (Å²) in [4.78, 5) is 0. The van der Waals surface area contributed by atoms with Crippen LogP contribution in [0.4, 0.5) is 0 Å². The number of halogens is 1. The van der Waals surface area contributed by atoms with E-state index in [-0.39, 0.29) is 12.1 Å². The molecular weight excluding hydrogens is 270 g/mol. The molecule has 0 aromatic heterocycles. The van der Waals surface area contributed by atoms with Gasteiger partial charge in [-0.2, -0.15) is 0 Å². The van der Waals surface area contributed by atoms with E-state index >= 15 is 0 Å². The van der Waals surface area contributed by atoms with Crippen LogP contribution in [0.15, 0.2) is 22.7 Å². The van der Waals surface area contributed by atoms with Crippen LogP contribution in [0.2, 0.25) is 0 Å². The average molecular weight is 288 g/mol. The minimum absolute atomic E-state index is 0.0506. The summed E-state index contributed by atoms with van der Waals surface area (Å²) < 4.78 is 11.8. The maximum Gasteiger partial charge on any atom is 0.124 e. The Morgan fingerprint density at radius 3 is 2.62 bits per heavy atom. The van der Waals surface area contributed by atoms with E-state index in [2.05, 4.69) is 15.9 Å². The first-order chi connectivity index (χ1) is 7.54. The molecule has 4 heteroatoms. The number of hydrogen-bond donors (Lipinski definition) is 1. The van der Waals surface area contributed by atoms with E-state index in [1.807, 2.05) is 32.0 Å². The molecule has 2 N–H and O–H groups in total. The van der Waals surface area contributed by atoms with Crippen molar-refractivity contribution in [1.29, 1.82) is 0 Å². The van der Waals surface area contributed by atoms with Crippen LogP contribution in [-0.4, -0.2) is 19.8 Å². The van der Waals surface area contributed by atoms with E-state index in [0.717, 1.165) is 15.8 Å². The number of ether oxygens (including phenoxy) is 2. The summed E-state index contributed by atoms with van der Waals surface area (Å²) in [5, 5.41) is 0. The van der Waals surface area contributed by atoms with E-state index < -0.39 is 0 Å². The topological polar surface area (TPSA) is 44.5 Å². The first-order valence-electron chi connectivity index (χ1n) is 5.25. The van der Waals surface area contributed by atoms with E-state index in [1.165, 1.54) is 0 Å². The first-order valence-corrected chi connectivity index (χ1v) is 6.04. The van der Waals surface area contributed by atoms with Gasteiger partial charge in [-0.15, -0.1) is 0 Å². The van der Waals surface area contributed by atoms with Crippen molar-refractivity contribution in [3.05, 3.63) is 28.2 Å². The predicted molar refractivity (Wildman–Crippen MR) is 68.7 cm³/mol. The third kappa shape index (κ3) is 3.77. The maximum atomic E-state index is 5.89. The number of benzene rings is 1. The maximum absolute atomic E-state index is 5.89. The molecule has 0 aliphatic carbocycles. The molecule has 16 heavy (non-hydrogen) atoms. The Morgan fingerprint density at radius 2 is 2.06 bits per heavy atom. The summed E-state index contributed by atoms with van der Waals surface area (Å²) in [6.45, 7) is 4.43. The van der Waals surface area contributed by atoms with E-state index in [4.69, 9.17) is 15.2 Å². The zero-order valence-corrected chi connectivity index (χ0v) is 11.5. The average Bonchev–Trinajstić information content (AvgIpc) is 2.26. The van der Waals surface area contributed by atoms with Crippen molar-refractivity contribution in [2.24, 2.45) is 5.73 Å². The number of methoxy groups -OCH3 is 1. The molecule has 0 heterocycles. The van der Waals surface area contributed by atoms with Crippen LogP contribution in [0.5, 0.6) is 5.75 Å². The Kier molecular flexibility index (Phi) is 5.25. The second-order valence-corrected chi connectivity index (χ2v) is 4.74. The summed E-state index contributed by atoms with van der Waals surface area (Å²) in [5.41, 5.74) is 6.89. The van der Waals surface area contributed by atoms with Crippen LogP contribution in [0.3, 0.4) is 0 Å². The van der Waals surface area contributed by atoms with Gasteiger partial charge in [-0.25, -0.2) is 0 Å². The van der Waals surface area contributed by atoms with Gasteiger partial charge in [-0.1, -0.05) is 15.9 Å². The van der Waals surface area contributed by atoms with Crippen molar-refractivity contribution in [3.63, 3.8) is 0 Å². The highest BCUT2D eigenvalue weighted by Crippen LogP contribution is 2.27. The van der Waals surface area contributed by atoms with Gasteiger partial charge >= 0.3 is 0 Å². The van der Waals surface area contributed by atoms with E-state index in [1.54, 1.807) is 7.11 Å². The monoisotopic (exact) mass is 287 g/mol. The minimum Gasteiger partial charge on any atom is -0.491 e. The molecule has 0 spiro atoms. The van der Waals surface area contributed by atoms with E-state index in [0.29, 0.717) is 6.61 Å². The smallest absolute Gasteiger partial charge is 0.124 e. The molecule has 3 nitrogen and oxygen atoms in total. The second-order valence-electron chi connectivity index (χ2n) is 3.83. The lowest BCUT2D eigenvalue weighted by Gasteiger charge is -2.16. The summed E-state index contributed by atoms with van der Waals surface area (Å²) in [6, 6.07) is 5.80. The van der Waals surface area contributed by atoms with Gasteiger partial charge in [0.2, 0.25) is 0 Å². The Balaban J connectivity index is 2.78. The molecule has 2 atom stereocenters. The summed E-state index contributed by atoms with van der Waals surface area (Å²) in [5.74, 6) is 0.821. The Bertz CT molecular complexity index is 342. The van der Waals surface area contributed by atoms with Gasteiger partial charge in [0.1, 0.15) is 12.4 Å². The molecule has 90 valence electrons. The number of nitrogens with two attached hydrogens (primary N) is 1. The molecule has 1 rings (SSSR count). The van der Waals surface area contributed by atoms with Gasteiger partial charge in [0, 0.05) is 23.2 Å². The van der Waals surface area contributed by atoms with Gasteiger partial charge in [-0.3, -0.25) is 0 Å². The third-order valence-electron chi connectivity index (χ3n) is 2.34. The third-order valence-corrected chi connectivity index (χ3v) is 2.83. The number of rotatable bonds is 5. The molecule has 0 aliphatic rings. The molecule has 0 amide bonds. The van der Waals surface area contributed by atoms with Crippen LogP contribution >= 0.6 is 15.9 Å². The zero-order chi connectivity index (χ0) is 12.1. The molecule has 0 saturated carbocycles. The minimum atomic E-state index is -0.0506. The molecule has 0 radical (unpaired) electrons. The summed E-state index contributed by atoms with van der Waals surface area (Å²) >= 11 is 3.42. The van der Waals surface area contributed by atoms with Gasteiger partial charge in [0.05, 0.1) is 6.10 Å². The molecule has 1 aromatic rings. The fraction of sp³-hybridized carbons (Fsp3) is 0.500. The molecular formula is C12H18BrNO2. The lowest BCUT2D eigenvalue weighted by atomic mass is 10.1. The van der Waals surface area contributed by atoms with Gasteiger partial charge in [0.25, 0.3) is 0 Å². The normalized spacial score (nSPS) is 14.6. The second kappa shape index (κ2) is 6.23. The standard InChI is InChI=1S/C12H18BrNO2/c1-8(15-3)7-16-12-5-4-10(13)6-11(12)9(2)14/h4-6,8-9H,7,14H2,1-3H3. The predicted octanol–water partition coefficient (Wildman–Crippen LogP) is 2.88. The quantitative estimate of drug-likeness (QED) is 0.906. The summed E-state index contributed by atoms with van der Waals surface area (Å²) in [7, 11) is 1.67. The Morgan fingerprint density at radius 1 is 1.38 bits per heavy atom. The molecule has 2 unspecified atom stereocenters. The molecule has 0 aliphatic heterocycles. The van der Waals surface area contributed by atoms with Crippen molar-refractivity contribution in [2.75, 3.05) is 13.7 Å². The molecule has 1 aromatic carbocycles. The van der Waals surface area contributed by atoms with Crippen LogP contribution in [0, 0.1) is 0 Å². The lowest BCUT2D eigenvalue weighted by molar-refractivity contribution is 0.0712. The van der Waals surface area contributed by atoms with Crippen molar-refractivity contribution < 1.29 is 9.47 Å². The van der Waals surface area contributed by atoms with Crippen molar-refractivity contribution in [2.45, 2.75) is 26.0 Å². The van der Waals surface area contributed by atoms with Gasteiger partial charge in [-0.05, 0) is 32.0 Å². The van der Waals surface area contributed by atoms with Crippen molar-refractivity contribution >= 4 is 15.9 Å². The van der Waals surface area contributed by atoms with Crippen LogP contribution in [0.25, 0.3) is 0 Å². The zero-order valence-electron chi connectivity index (χ0n) is 9.87. The van der Waals surface area contributed by atoms with Crippen LogP contribution in [0.1, 0.15) is 25.5 Å². The fourth-order valence-corrected chi connectivity index (χ4v) is 1.66. The van der Waals surface area contributed by atoms with Crippen LogP contribution in [-0.2, 0) is 4.74 Å². The lowest BCUT2D eigenvalue weighted by Crippen LogP contribution is -2.17. The molecule has 0 bridgehead atoms. The molecule has 0 saturated heterocycles. The Hall–Kier alpha value is -0.580. The number of hydrogen-bond acceptors (Lipinski definition) is 3. The highest BCUT2D eigenvalue weighted by atomic mass is 79.9. The SMILES string of the molecule is COC(C)COc1ccc(Br)cc1C(C)N. The molecule has 0 fully saturated rings. The van der Waals surface area contributed by atoms with Crippen LogP contribution < -0.4 is 10.5 Å². The highest BCUT2D eigenvalue weighted by Gasteiger charge is 2.10. The van der Waals surface area contributed by atoms with E-state index in [9.17, 15) is 0 Å². The fourth-order valence-electron chi connectivity index (χ4n) is 1.28. The highest BCUT2D eigenvalue weighted by molar-refractivity contribution is 9.10. The van der Waals surface area contributed by atoms with Gasteiger partial charge in [0.15, 0.2) is 0 Å².